The third kappa shape index (κ3) is 3.69. The molecule has 0 saturated carbocycles. The van der Waals surface area contributed by atoms with E-state index in [2.05, 4.69) is 38.8 Å². The maximum atomic E-state index is 12.7. The lowest BCUT2D eigenvalue weighted by Crippen LogP contribution is -2.13. The molecular formula is C23H23N5O2. The molecule has 0 aliphatic rings. The molecule has 1 amide bonds. The Bertz CT molecular complexity index is 1200. The molecule has 152 valence electrons. The molecule has 0 radical (unpaired) electrons. The van der Waals surface area contributed by atoms with E-state index >= 15 is 0 Å². The van der Waals surface area contributed by atoms with E-state index in [4.69, 9.17) is 4.74 Å². The van der Waals surface area contributed by atoms with E-state index in [9.17, 15) is 4.79 Å². The molecule has 30 heavy (non-hydrogen) atoms. The van der Waals surface area contributed by atoms with Gasteiger partial charge in [0.15, 0.2) is 0 Å². The lowest BCUT2D eigenvalue weighted by molar-refractivity contribution is 0.102. The second-order valence-electron chi connectivity index (χ2n) is 7.19. The van der Waals surface area contributed by atoms with Gasteiger partial charge in [-0.1, -0.05) is 12.1 Å². The minimum absolute atomic E-state index is 0.272. The maximum absolute atomic E-state index is 12.7. The van der Waals surface area contributed by atoms with Crippen LogP contribution in [0.5, 0.6) is 5.75 Å². The van der Waals surface area contributed by atoms with Crippen LogP contribution < -0.4 is 10.1 Å². The van der Waals surface area contributed by atoms with Gasteiger partial charge in [0.2, 0.25) is 0 Å². The highest BCUT2D eigenvalue weighted by molar-refractivity contribution is 6.03. The zero-order valence-corrected chi connectivity index (χ0v) is 17.4. The van der Waals surface area contributed by atoms with Crippen LogP contribution in [0.3, 0.4) is 0 Å². The normalized spacial score (nSPS) is 10.8. The molecular weight excluding hydrogens is 378 g/mol. The standard InChI is InChI=1S/C23H23N5O2/c1-14-5-6-15(2)22(11-14)28-16(3)21(13-24-28)25-23(29)20-12-19(26-27-20)17-7-9-18(30-4)10-8-17/h5-13H,1-4H3,(H,25,29)(H,26,27). The summed E-state index contributed by atoms with van der Waals surface area (Å²) in [5, 5.41) is 14.4. The van der Waals surface area contributed by atoms with E-state index < -0.39 is 0 Å². The number of aromatic amines is 1. The summed E-state index contributed by atoms with van der Waals surface area (Å²) in [4.78, 5) is 12.7. The number of ether oxygens (including phenoxy) is 1. The van der Waals surface area contributed by atoms with Crippen LogP contribution in [-0.4, -0.2) is 33.0 Å². The number of hydrogen-bond acceptors (Lipinski definition) is 4. The Labute approximate surface area is 174 Å². The molecule has 0 unspecified atom stereocenters. The van der Waals surface area contributed by atoms with Crippen molar-refractivity contribution >= 4 is 11.6 Å². The summed E-state index contributed by atoms with van der Waals surface area (Å²) in [6.07, 6.45) is 1.66. The average Bonchev–Trinajstić information content (AvgIpc) is 3.38. The summed E-state index contributed by atoms with van der Waals surface area (Å²) < 4.78 is 7.01. The smallest absolute Gasteiger partial charge is 0.273 e. The van der Waals surface area contributed by atoms with Crippen LogP contribution in [0, 0.1) is 20.8 Å². The fraction of sp³-hybridized carbons (Fsp3) is 0.174. The molecule has 0 bridgehead atoms. The van der Waals surface area contributed by atoms with Crippen molar-refractivity contribution < 1.29 is 9.53 Å². The van der Waals surface area contributed by atoms with Crippen LogP contribution in [0.4, 0.5) is 5.69 Å². The van der Waals surface area contributed by atoms with Gasteiger partial charge in [-0.25, -0.2) is 4.68 Å². The summed E-state index contributed by atoms with van der Waals surface area (Å²) in [6.45, 7) is 6.02. The number of nitrogens with zero attached hydrogens (tertiary/aromatic N) is 3. The lowest BCUT2D eigenvalue weighted by Gasteiger charge is -2.10. The summed E-state index contributed by atoms with van der Waals surface area (Å²) >= 11 is 0. The molecule has 2 aromatic heterocycles. The van der Waals surface area contributed by atoms with Crippen LogP contribution in [-0.2, 0) is 0 Å². The third-order valence-corrected chi connectivity index (χ3v) is 5.06. The topological polar surface area (TPSA) is 84.8 Å². The fourth-order valence-electron chi connectivity index (χ4n) is 3.26. The van der Waals surface area contributed by atoms with Gasteiger partial charge in [0.1, 0.15) is 11.4 Å². The molecule has 4 rings (SSSR count). The first-order valence-corrected chi connectivity index (χ1v) is 9.59. The zero-order valence-electron chi connectivity index (χ0n) is 17.4. The van der Waals surface area contributed by atoms with Crippen molar-refractivity contribution in [3.63, 3.8) is 0 Å². The molecule has 2 N–H and O–H groups in total. The molecule has 0 spiro atoms. The lowest BCUT2D eigenvalue weighted by atomic mass is 10.1. The fourth-order valence-corrected chi connectivity index (χ4v) is 3.26. The zero-order chi connectivity index (χ0) is 21.3. The molecule has 0 fully saturated rings. The van der Waals surface area contributed by atoms with E-state index in [1.165, 1.54) is 0 Å². The highest BCUT2D eigenvalue weighted by Gasteiger charge is 2.16. The molecule has 2 heterocycles. The van der Waals surface area contributed by atoms with E-state index in [1.807, 2.05) is 49.7 Å². The van der Waals surface area contributed by atoms with Crippen molar-refractivity contribution in [2.75, 3.05) is 12.4 Å². The van der Waals surface area contributed by atoms with Gasteiger partial charge in [-0.15, -0.1) is 0 Å². The van der Waals surface area contributed by atoms with Crippen molar-refractivity contribution in [1.29, 1.82) is 0 Å². The monoisotopic (exact) mass is 401 g/mol. The largest absolute Gasteiger partial charge is 0.497 e. The Morgan fingerprint density at radius 3 is 2.57 bits per heavy atom. The quantitative estimate of drug-likeness (QED) is 0.517. The number of benzene rings is 2. The molecule has 0 saturated heterocycles. The molecule has 4 aromatic rings. The highest BCUT2D eigenvalue weighted by Crippen LogP contribution is 2.24. The van der Waals surface area contributed by atoms with Crippen LogP contribution in [0.15, 0.2) is 54.7 Å². The van der Waals surface area contributed by atoms with E-state index in [1.54, 1.807) is 19.4 Å². The van der Waals surface area contributed by atoms with E-state index in [0.29, 0.717) is 17.1 Å². The summed E-state index contributed by atoms with van der Waals surface area (Å²) in [7, 11) is 1.62. The minimum Gasteiger partial charge on any atom is -0.497 e. The number of rotatable bonds is 5. The Hall–Kier alpha value is -3.87. The van der Waals surface area contributed by atoms with Gasteiger partial charge >= 0.3 is 0 Å². The Kier molecular flexibility index (Phi) is 5.10. The number of methoxy groups -OCH3 is 1. The van der Waals surface area contributed by atoms with Crippen molar-refractivity contribution in [1.82, 2.24) is 20.0 Å². The van der Waals surface area contributed by atoms with Gasteiger partial charge in [0.05, 0.1) is 36.1 Å². The molecule has 7 nitrogen and oxygen atoms in total. The number of aromatic nitrogens is 4. The molecule has 0 aliphatic carbocycles. The maximum Gasteiger partial charge on any atom is 0.273 e. The van der Waals surface area contributed by atoms with E-state index in [0.717, 1.165) is 33.8 Å². The predicted octanol–water partition coefficient (Wildman–Crippen LogP) is 4.45. The molecule has 2 aromatic carbocycles. The van der Waals surface area contributed by atoms with Crippen molar-refractivity contribution in [3.05, 3.63) is 77.2 Å². The number of hydrogen-bond donors (Lipinski definition) is 2. The van der Waals surface area contributed by atoms with Gasteiger partial charge in [-0.05, 0) is 68.3 Å². The minimum atomic E-state index is -0.272. The Balaban J connectivity index is 1.54. The number of H-pyrrole nitrogens is 1. The highest BCUT2D eigenvalue weighted by atomic mass is 16.5. The Morgan fingerprint density at radius 1 is 1.07 bits per heavy atom. The summed E-state index contributed by atoms with van der Waals surface area (Å²) in [6, 6.07) is 15.4. The SMILES string of the molecule is COc1ccc(-c2cc(C(=O)Nc3cnn(-c4cc(C)ccc4C)c3C)[nH]n2)cc1. The summed E-state index contributed by atoms with van der Waals surface area (Å²) in [5.74, 6) is 0.495. The molecule has 0 atom stereocenters. The number of carbonyl (C=O) groups is 1. The van der Waals surface area contributed by atoms with Crippen LogP contribution in [0.1, 0.15) is 27.3 Å². The van der Waals surface area contributed by atoms with Gasteiger partial charge < -0.3 is 10.1 Å². The predicted molar refractivity (Wildman–Crippen MR) is 116 cm³/mol. The average molecular weight is 401 g/mol. The first-order chi connectivity index (χ1) is 14.5. The van der Waals surface area contributed by atoms with Crippen molar-refractivity contribution in [3.8, 4) is 22.7 Å². The van der Waals surface area contributed by atoms with Gasteiger partial charge in [-0.3, -0.25) is 9.89 Å². The second-order valence-corrected chi connectivity index (χ2v) is 7.19. The summed E-state index contributed by atoms with van der Waals surface area (Å²) in [5.41, 5.74) is 6.72. The van der Waals surface area contributed by atoms with Crippen LogP contribution >= 0.6 is 0 Å². The van der Waals surface area contributed by atoms with Gasteiger partial charge in [-0.2, -0.15) is 10.2 Å². The second kappa shape index (κ2) is 7.87. The molecule has 7 heteroatoms. The van der Waals surface area contributed by atoms with Crippen LogP contribution in [0.25, 0.3) is 16.9 Å². The first-order valence-electron chi connectivity index (χ1n) is 9.59. The molecule has 0 aliphatic heterocycles. The Morgan fingerprint density at radius 2 is 1.83 bits per heavy atom. The number of aryl methyl sites for hydroxylation is 2. The number of nitrogens with one attached hydrogen (secondary N) is 2. The van der Waals surface area contributed by atoms with Crippen molar-refractivity contribution in [2.24, 2.45) is 0 Å². The van der Waals surface area contributed by atoms with Gasteiger partial charge in [0, 0.05) is 5.56 Å². The number of anilines is 1. The van der Waals surface area contributed by atoms with Crippen LogP contribution in [0.2, 0.25) is 0 Å². The number of amides is 1. The number of carbonyl (C=O) groups excluding carboxylic acids is 1. The van der Waals surface area contributed by atoms with Gasteiger partial charge in [0.25, 0.3) is 5.91 Å². The third-order valence-electron chi connectivity index (χ3n) is 5.06. The van der Waals surface area contributed by atoms with Crippen molar-refractivity contribution in [2.45, 2.75) is 20.8 Å². The first kappa shape index (κ1) is 19.4. The van der Waals surface area contributed by atoms with E-state index in [-0.39, 0.29) is 5.91 Å².